The van der Waals surface area contributed by atoms with Crippen LogP contribution < -0.4 is 5.32 Å². The first kappa shape index (κ1) is 17.8. The first-order valence-electron chi connectivity index (χ1n) is 7.94. The quantitative estimate of drug-likeness (QED) is 0.867. The Kier molecular flexibility index (Phi) is 6.45. The van der Waals surface area contributed by atoms with Crippen molar-refractivity contribution in [3.8, 4) is 0 Å². The topological polar surface area (TPSA) is 58.6 Å². The number of nitrogens with one attached hydrogen (secondary N) is 1. The molecule has 2 amide bonds. The maximum atomic E-state index is 12.2. The number of ether oxygens (including phenoxy) is 1. The van der Waals surface area contributed by atoms with Gasteiger partial charge in [-0.2, -0.15) is 0 Å². The van der Waals surface area contributed by atoms with Gasteiger partial charge in [-0.25, -0.2) is 4.79 Å². The molecule has 0 atom stereocenters. The van der Waals surface area contributed by atoms with Crippen molar-refractivity contribution in [2.75, 3.05) is 19.7 Å². The first-order valence-corrected chi connectivity index (χ1v) is 8.73. The van der Waals surface area contributed by atoms with Gasteiger partial charge in [0.05, 0.1) is 6.61 Å². The van der Waals surface area contributed by atoms with Crippen molar-refractivity contribution in [1.29, 1.82) is 0 Å². The molecule has 2 rings (SSSR count). The summed E-state index contributed by atoms with van der Waals surface area (Å²) in [6.07, 6.45) is 1.24. The zero-order valence-corrected chi connectivity index (χ0v) is 15.1. The van der Waals surface area contributed by atoms with Gasteiger partial charge in [0, 0.05) is 29.2 Å². The Morgan fingerprint density at radius 3 is 2.43 bits per heavy atom. The summed E-state index contributed by atoms with van der Waals surface area (Å²) in [7, 11) is 0. The number of carbonyl (C=O) groups excluding carboxylic acids is 2. The monoisotopic (exact) mass is 382 g/mol. The molecule has 1 aromatic rings. The van der Waals surface area contributed by atoms with Crippen molar-refractivity contribution in [2.24, 2.45) is 5.92 Å². The SMILES string of the molecule is CC(C)COC(=O)N1CCC(NC(=O)c2ccc(Br)cc2)CC1. The summed E-state index contributed by atoms with van der Waals surface area (Å²) in [6.45, 7) is 5.69. The molecule has 0 spiro atoms. The average molecular weight is 383 g/mol. The molecule has 0 unspecified atom stereocenters. The predicted octanol–water partition coefficient (Wildman–Crippen LogP) is 3.44. The Labute approximate surface area is 145 Å². The molecule has 0 radical (unpaired) electrons. The lowest BCUT2D eigenvalue weighted by atomic mass is 10.0. The molecule has 1 saturated heterocycles. The Morgan fingerprint density at radius 1 is 1.26 bits per heavy atom. The summed E-state index contributed by atoms with van der Waals surface area (Å²) in [6, 6.07) is 7.38. The smallest absolute Gasteiger partial charge is 0.409 e. The molecule has 0 saturated carbocycles. The van der Waals surface area contributed by atoms with Gasteiger partial charge in [-0.15, -0.1) is 0 Å². The van der Waals surface area contributed by atoms with Crippen LogP contribution in [0.25, 0.3) is 0 Å². The summed E-state index contributed by atoms with van der Waals surface area (Å²) in [5.41, 5.74) is 0.645. The number of piperidine rings is 1. The molecule has 1 heterocycles. The van der Waals surface area contributed by atoms with E-state index in [0.29, 0.717) is 31.2 Å². The van der Waals surface area contributed by atoms with E-state index in [0.717, 1.165) is 17.3 Å². The first-order chi connectivity index (χ1) is 11.0. The summed E-state index contributed by atoms with van der Waals surface area (Å²) >= 11 is 3.35. The second kappa shape index (κ2) is 8.34. The van der Waals surface area contributed by atoms with E-state index < -0.39 is 0 Å². The molecule has 23 heavy (non-hydrogen) atoms. The van der Waals surface area contributed by atoms with Crippen LogP contribution in [0.4, 0.5) is 4.79 Å². The van der Waals surface area contributed by atoms with Crippen molar-refractivity contribution in [3.05, 3.63) is 34.3 Å². The Balaban J connectivity index is 1.77. The van der Waals surface area contributed by atoms with Crippen LogP contribution >= 0.6 is 15.9 Å². The average Bonchev–Trinajstić information content (AvgIpc) is 2.54. The summed E-state index contributed by atoms with van der Waals surface area (Å²) < 4.78 is 6.18. The van der Waals surface area contributed by atoms with Crippen molar-refractivity contribution < 1.29 is 14.3 Å². The third-order valence-electron chi connectivity index (χ3n) is 3.73. The van der Waals surface area contributed by atoms with Gasteiger partial charge in [-0.05, 0) is 43.0 Å². The largest absolute Gasteiger partial charge is 0.449 e. The number of carbonyl (C=O) groups is 2. The standard InChI is InChI=1S/C17H23BrN2O3/c1-12(2)11-23-17(22)20-9-7-15(8-10-20)19-16(21)13-3-5-14(18)6-4-13/h3-6,12,15H,7-11H2,1-2H3,(H,19,21). The fourth-order valence-electron chi connectivity index (χ4n) is 2.41. The van der Waals surface area contributed by atoms with E-state index >= 15 is 0 Å². The normalized spacial score (nSPS) is 15.6. The third-order valence-corrected chi connectivity index (χ3v) is 4.26. The molecule has 1 aliphatic rings. The van der Waals surface area contributed by atoms with Gasteiger partial charge in [-0.3, -0.25) is 4.79 Å². The van der Waals surface area contributed by atoms with E-state index in [1.54, 1.807) is 17.0 Å². The highest BCUT2D eigenvalue weighted by atomic mass is 79.9. The highest BCUT2D eigenvalue weighted by molar-refractivity contribution is 9.10. The van der Waals surface area contributed by atoms with E-state index in [-0.39, 0.29) is 18.0 Å². The third kappa shape index (κ3) is 5.53. The van der Waals surface area contributed by atoms with Crippen molar-refractivity contribution >= 4 is 27.9 Å². The fraction of sp³-hybridized carbons (Fsp3) is 0.529. The molecule has 0 aliphatic carbocycles. The second-order valence-electron chi connectivity index (χ2n) is 6.21. The van der Waals surface area contributed by atoms with Crippen LogP contribution in [-0.2, 0) is 4.74 Å². The Bertz CT molecular complexity index is 537. The zero-order chi connectivity index (χ0) is 16.8. The van der Waals surface area contributed by atoms with Crippen LogP contribution in [-0.4, -0.2) is 42.6 Å². The molecule has 1 fully saturated rings. The number of nitrogens with zero attached hydrogens (tertiary/aromatic N) is 1. The summed E-state index contributed by atoms with van der Waals surface area (Å²) in [5, 5.41) is 3.03. The maximum absolute atomic E-state index is 12.2. The molecule has 1 N–H and O–H groups in total. The van der Waals surface area contributed by atoms with Gasteiger partial charge >= 0.3 is 6.09 Å². The Hall–Kier alpha value is -1.56. The number of amides is 2. The van der Waals surface area contributed by atoms with Crippen LogP contribution in [0.15, 0.2) is 28.7 Å². The van der Waals surface area contributed by atoms with Crippen LogP contribution in [0.5, 0.6) is 0 Å². The minimum Gasteiger partial charge on any atom is -0.449 e. The number of halogens is 1. The second-order valence-corrected chi connectivity index (χ2v) is 7.13. The molecule has 1 aromatic carbocycles. The van der Waals surface area contributed by atoms with Crippen LogP contribution in [0.1, 0.15) is 37.0 Å². The minimum absolute atomic E-state index is 0.0710. The van der Waals surface area contributed by atoms with E-state index in [4.69, 9.17) is 4.74 Å². The van der Waals surface area contributed by atoms with E-state index in [9.17, 15) is 9.59 Å². The van der Waals surface area contributed by atoms with Gasteiger partial charge in [0.1, 0.15) is 0 Å². The zero-order valence-electron chi connectivity index (χ0n) is 13.5. The van der Waals surface area contributed by atoms with Crippen LogP contribution in [0.3, 0.4) is 0 Å². The molecular formula is C17H23BrN2O3. The van der Waals surface area contributed by atoms with Gasteiger partial charge in [-0.1, -0.05) is 29.8 Å². The molecule has 6 heteroatoms. The van der Waals surface area contributed by atoms with E-state index in [2.05, 4.69) is 21.2 Å². The lowest BCUT2D eigenvalue weighted by Gasteiger charge is -2.31. The number of hydrogen-bond acceptors (Lipinski definition) is 3. The van der Waals surface area contributed by atoms with Crippen molar-refractivity contribution in [3.63, 3.8) is 0 Å². The van der Waals surface area contributed by atoms with Gasteiger partial charge in [0.2, 0.25) is 0 Å². The molecule has 1 aliphatic heterocycles. The molecule has 5 nitrogen and oxygen atoms in total. The van der Waals surface area contributed by atoms with Crippen LogP contribution in [0, 0.1) is 5.92 Å². The lowest BCUT2D eigenvalue weighted by Crippen LogP contribution is -2.46. The molecule has 0 bridgehead atoms. The van der Waals surface area contributed by atoms with Gasteiger partial charge in [0.25, 0.3) is 5.91 Å². The molecular weight excluding hydrogens is 360 g/mol. The molecule has 0 aromatic heterocycles. The van der Waals surface area contributed by atoms with Crippen LogP contribution in [0.2, 0.25) is 0 Å². The van der Waals surface area contributed by atoms with Crippen molar-refractivity contribution in [1.82, 2.24) is 10.2 Å². The number of likely N-dealkylation sites (tertiary alicyclic amines) is 1. The van der Waals surface area contributed by atoms with Gasteiger partial charge < -0.3 is 15.0 Å². The fourth-order valence-corrected chi connectivity index (χ4v) is 2.67. The highest BCUT2D eigenvalue weighted by Gasteiger charge is 2.25. The van der Waals surface area contributed by atoms with Crippen molar-refractivity contribution in [2.45, 2.75) is 32.7 Å². The Morgan fingerprint density at radius 2 is 1.87 bits per heavy atom. The van der Waals surface area contributed by atoms with E-state index in [1.807, 2.05) is 26.0 Å². The highest BCUT2D eigenvalue weighted by Crippen LogP contribution is 2.14. The number of rotatable bonds is 4. The number of hydrogen-bond donors (Lipinski definition) is 1. The number of benzene rings is 1. The lowest BCUT2D eigenvalue weighted by molar-refractivity contribution is 0.0785. The van der Waals surface area contributed by atoms with E-state index in [1.165, 1.54) is 0 Å². The predicted molar refractivity (Wildman–Crippen MR) is 92.4 cm³/mol. The minimum atomic E-state index is -0.253. The summed E-state index contributed by atoms with van der Waals surface area (Å²) in [4.78, 5) is 25.8. The maximum Gasteiger partial charge on any atom is 0.409 e. The molecule has 126 valence electrons. The van der Waals surface area contributed by atoms with Gasteiger partial charge in [0.15, 0.2) is 0 Å². The summed E-state index contributed by atoms with van der Waals surface area (Å²) in [5.74, 6) is 0.264.